The molecule has 1 aromatic rings. The van der Waals surface area contributed by atoms with E-state index in [-0.39, 0.29) is 11.8 Å². The molecule has 0 aromatic heterocycles. The fourth-order valence-corrected chi connectivity index (χ4v) is 3.19. The number of likely N-dealkylation sites (tertiary alicyclic amines) is 1. The lowest BCUT2D eigenvalue weighted by Gasteiger charge is -2.25. The topological polar surface area (TPSA) is 60.9 Å². The summed E-state index contributed by atoms with van der Waals surface area (Å²) >= 11 is 0. The monoisotopic (exact) mass is 274 g/mol. The van der Waals surface area contributed by atoms with Gasteiger partial charge in [0.05, 0.1) is 5.92 Å². The molecule has 2 heterocycles. The molecule has 5 nitrogen and oxygen atoms in total. The van der Waals surface area contributed by atoms with Crippen LogP contribution in [0.2, 0.25) is 0 Å². The molecular weight excluding hydrogens is 256 g/mol. The average Bonchev–Trinajstić information content (AvgIpc) is 3.01. The second kappa shape index (κ2) is 4.90. The number of nitrogens with zero attached hydrogens (tertiary/aromatic N) is 2. The zero-order chi connectivity index (χ0) is 14.3. The summed E-state index contributed by atoms with van der Waals surface area (Å²) in [5.41, 5.74) is 1.71. The minimum atomic E-state index is -0.930. The molecule has 1 aromatic carbocycles. The van der Waals surface area contributed by atoms with Crippen LogP contribution in [0.3, 0.4) is 0 Å². The van der Waals surface area contributed by atoms with E-state index in [9.17, 15) is 14.7 Å². The smallest absolute Gasteiger partial charge is 0.327 e. The van der Waals surface area contributed by atoms with Crippen molar-refractivity contribution in [1.82, 2.24) is 4.90 Å². The van der Waals surface area contributed by atoms with Gasteiger partial charge >= 0.3 is 5.97 Å². The molecule has 1 fully saturated rings. The molecule has 1 unspecified atom stereocenters. The molecule has 2 atom stereocenters. The number of hydrogen-bond donors (Lipinski definition) is 1. The van der Waals surface area contributed by atoms with E-state index in [0.717, 1.165) is 24.2 Å². The van der Waals surface area contributed by atoms with Gasteiger partial charge in [-0.05, 0) is 31.6 Å². The SMILES string of the molecule is CN1CCC(C(=O)N2c3ccccc3C[C@H]2C(=O)O)C1. The molecule has 3 rings (SSSR count). The summed E-state index contributed by atoms with van der Waals surface area (Å²) in [5.74, 6) is -1.07. The predicted molar refractivity (Wildman–Crippen MR) is 74.7 cm³/mol. The number of carboxylic acids is 1. The number of rotatable bonds is 2. The quantitative estimate of drug-likeness (QED) is 0.873. The summed E-state index contributed by atoms with van der Waals surface area (Å²) in [7, 11) is 1.99. The zero-order valence-corrected chi connectivity index (χ0v) is 11.5. The number of anilines is 1. The van der Waals surface area contributed by atoms with E-state index in [1.807, 2.05) is 31.3 Å². The van der Waals surface area contributed by atoms with E-state index in [0.29, 0.717) is 13.0 Å². The molecule has 0 spiro atoms. The van der Waals surface area contributed by atoms with Gasteiger partial charge in [-0.25, -0.2) is 4.79 Å². The first-order valence-corrected chi connectivity index (χ1v) is 6.90. The fraction of sp³-hybridized carbons (Fsp3) is 0.467. The Labute approximate surface area is 117 Å². The Morgan fingerprint density at radius 2 is 2.05 bits per heavy atom. The highest BCUT2D eigenvalue weighted by atomic mass is 16.4. The van der Waals surface area contributed by atoms with Gasteiger partial charge in [0.1, 0.15) is 6.04 Å². The summed E-state index contributed by atoms with van der Waals surface area (Å²) in [5, 5.41) is 9.40. The number of aliphatic carboxylic acids is 1. The Balaban J connectivity index is 1.92. The molecule has 0 bridgehead atoms. The standard InChI is InChI=1S/C15H18N2O3/c1-16-7-6-11(9-16)14(18)17-12-5-3-2-4-10(12)8-13(17)15(19)20/h2-5,11,13H,6-9H2,1H3,(H,19,20)/t11?,13-/m0/s1. The summed E-state index contributed by atoms with van der Waals surface area (Å²) in [4.78, 5) is 27.8. The molecule has 0 saturated carbocycles. The lowest BCUT2D eigenvalue weighted by atomic mass is 10.1. The van der Waals surface area contributed by atoms with Gasteiger partial charge in [0, 0.05) is 18.7 Å². The van der Waals surface area contributed by atoms with Crippen LogP contribution in [0.4, 0.5) is 5.69 Å². The molecule has 1 amide bonds. The third kappa shape index (κ3) is 2.08. The van der Waals surface area contributed by atoms with E-state index >= 15 is 0 Å². The maximum Gasteiger partial charge on any atom is 0.327 e. The van der Waals surface area contributed by atoms with Crippen molar-refractivity contribution < 1.29 is 14.7 Å². The first kappa shape index (κ1) is 13.1. The van der Waals surface area contributed by atoms with Crippen molar-refractivity contribution in [3.05, 3.63) is 29.8 Å². The maximum absolute atomic E-state index is 12.7. The van der Waals surface area contributed by atoms with Crippen molar-refractivity contribution in [2.24, 2.45) is 5.92 Å². The average molecular weight is 274 g/mol. The third-order valence-corrected chi connectivity index (χ3v) is 4.24. The summed E-state index contributed by atoms with van der Waals surface area (Å²) in [6, 6.07) is 6.72. The number of carbonyl (C=O) groups is 2. The van der Waals surface area contributed by atoms with Crippen LogP contribution in [0.1, 0.15) is 12.0 Å². The Hall–Kier alpha value is -1.88. The van der Waals surface area contributed by atoms with E-state index < -0.39 is 12.0 Å². The molecule has 1 N–H and O–H groups in total. The van der Waals surface area contributed by atoms with E-state index in [2.05, 4.69) is 4.90 Å². The highest BCUT2D eigenvalue weighted by Crippen LogP contribution is 2.34. The Morgan fingerprint density at radius 3 is 2.70 bits per heavy atom. The Kier molecular flexibility index (Phi) is 3.22. The molecule has 2 aliphatic rings. The first-order valence-electron chi connectivity index (χ1n) is 6.90. The van der Waals surface area contributed by atoms with Crippen LogP contribution < -0.4 is 4.90 Å². The second-order valence-electron chi connectivity index (χ2n) is 5.64. The van der Waals surface area contributed by atoms with Crippen molar-refractivity contribution in [2.75, 3.05) is 25.0 Å². The van der Waals surface area contributed by atoms with Gasteiger partial charge in [0.25, 0.3) is 0 Å². The summed E-state index contributed by atoms with van der Waals surface area (Å²) in [6.07, 6.45) is 1.21. The zero-order valence-electron chi connectivity index (χ0n) is 11.5. The molecule has 0 aliphatic carbocycles. The summed E-state index contributed by atoms with van der Waals surface area (Å²) < 4.78 is 0. The van der Waals surface area contributed by atoms with E-state index in [4.69, 9.17) is 0 Å². The number of para-hydroxylation sites is 1. The van der Waals surface area contributed by atoms with Crippen LogP contribution >= 0.6 is 0 Å². The van der Waals surface area contributed by atoms with E-state index in [1.54, 1.807) is 0 Å². The van der Waals surface area contributed by atoms with Crippen molar-refractivity contribution in [3.63, 3.8) is 0 Å². The number of carboxylic acid groups (broad SMARTS) is 1. The molecule has 20 heavy (non-hydrogen) atoms. The fourth-order valence-electron chi connectivity index (χ4n) is 3.19. The van der Waals surface area contributed by atoms with Gasteiger partial charge in [0.2, 0.25) is 5.91 Å². The van der Waals surface area contributed by atoms with Crippen LogP contribution in [0.25, 0.3) is 0 Å². The van der Waals surface area contributed by atoms with Crippen molar-refractivity contribution in [2.45, 2.75) is 18.9 Å². The predicted octanol–water partition coefficient (Wildman–Crippen LogP) is 0.981. The van der Waals surface area contributed by atoms with Crippen LogP contribution in [-0.2, 0) is 16.0 Å². The molecule has 2 aliphatic heterocycles. The normalized spacial score (nSPS) is 25.8. The number of amides is 1. The molecule has 0 radical (unpaired) electrons. The lowest BCUT2D eigenvalue weighted by Crippen LogP contribution is -2.46. The van der Waals surface area contributed by atoms with E-state index in [1.165, 1.54) is 4.90 Å². The third-order valence-electron chi connectivity index (χ3n) is 4.24. The van der Waals surface area contributed by atoms with Crippen molar-refractivity contribution in [3.8, 4) is 0 Å². The molecule has 106 valence electrons. The number of hydrogen-bond acceptors (Lipinski definition) is 3. The van der Waals surface area contributed by atoms with Gasteiger partial charge in [0.15, 0.2) is 0 Å². The maximum atomic E-state index is 12.7. The Morgan fingerprint density at radius 1 is 1.30 bits per heavy atom. The van der Waals surface area contributed by atoms with Crippen LogP contribution in [0.5, 0.6) is 0 Å². The largest absolute Gasteiger partial charge is 0.480 e. The van der Waals surface area contributed by atoms with Gasteiger partial charge in [-0.2, -0.15) is 0 Å². The first-order chi connectivity index (χ1) is 9.58. The number of benzene rings is 1. The molecular formula is C15H18N2O3. The highest BCUT2D eigenvalue weighted by molar-refractivity contribution is 6.03. The van der Waals surface area contributed by atoms with Gasteiger partial charge in [-0.1, -0.05) is 18.2 Å². The van der Waals surface area contributed by atoms with Gasteiger partial charge in [-0.3, -0.25) is 9.69 Å². The summed E-state index contributed by atoms with van der Waals surface area (Å²) in [6.45, 7) is 1.60. The molecule has 5 heteroatoms. The second-order valence-corrected chi connectivity index (χ2v) is 5.64. The number of fused-ring (bicyclic) bond motifs is 1. The van der Waals surface area contributed by atoms with Gasteiger partial charge < -0.3 is 10.0 Å². The van der Waals surface area contributed by atoms with Crippen molar-refractivity contribution in [1.29, 1.82) is 0 Å². The van der Waals surface area contributed by atoms with Gasteiger partial charge in [-0.15, -0.1) is 0 Å². The highest BCUT2D eigenvalue weighted by Gasteiger charge is 2.41. The van der Waals surface area contributed by atoms with Crippen LogP contribution in [0, 0.1) is 5.92 Å². The minimum absolute atomic E-state index is 0.0494. The Bertz CT molecular complexity index is 558. The number of carbonyl (C=O) groups excluding carboxylic acids is 1. The van der Waals surface area contributed by atoms with Crippen LogP contribution in [-0.4, -0.2) is 48.1 Å². The lowest BCUT2D eigenvalue weighted by molar-refractivity contribution is -0.140. The van der Waals surface area contributed by atoms with Crippen molar-refractivity contribution >= 4 is 17.6 Å². The minimum Gasteiger partial charge on any atom is -0.480 e. The molecule has 1 saturated heterocycles. The van der Waals surface area contributed by atoms with Crippen LogP contribution in [0.15, 0.2) is 24.3 Å².